The smallest absolute Gasteiger partial charge is 0.319 e. The Hall–Kier alpha value is -6.76. The van der Waals surface area contributed by atoms with Gasteiger partial charge >= 0.3 is 11.9 Å². The number of hydrogen-bond acceptors (Lipinski definition) is 8. The first-order chi connectivity index (χ1) is 30.9. The minimum Gasteiger partial charge on any atom is -0.459 e. The molecule has 4 amide bonds. The average molecular weight is 882 g/mol. The molecule has 0 bridgehead atoms. The second-order valence-electron chi connectivity index (χ2n) is 19.0. The molecule has 5 aromatic rings. The fraction of sp³-hybridized carbons (Fsp3) is 0.385. The number of H-pyrrole nitrogens is 1. The Morgan fingerprint density at radius 3 is 1.51 bits per heavy atom. The summed E-state index contributed by atoms with van der Waals surface area (Å²) in [6.45, 7) is 11.3. The van der Waals surface area contributed by atoms with Crippen LogP contribution in [0, 0.1) is 11.8 Å². The minimum absolute atomic E-state index is 0.166. The molecule has 0 unspecified atom stereocenters. The van der Waals surface area contributed by atoms with E-state index in [1.165, 1.54) is 9.80 Å². The van der Waals surface area contributed by atoms with Crippen molar-refractivity contribution < 1.29 is 38.2 Å². The second kappa shape index (κ2) is 19.5. The molecule has 0 aliphatic carbocycles. The zero-order chi connectivity index (χ0) is 46.5. The normalized spacial score (nSPS) is 17.3. The number of amides is 4. The first-order valence-electron chi connectivity index (χ1n) is 22.4. The van der Waals surface area contributed by atoms with Crippen molar-refractivity contribution in [3.8, 4) is 11.3 Å². The average Bonchev–Trinajstić information content (AvgIpc) is 4.05. The molecule has 1 aromatic heterocycles. The number of benzene rings is 4. The molecule has 3 N–H and O–H groups in total. The molecule has 0 spiro atoms. The van der Waals surface area contributed by atoms with E-state index < -0.39 is 58.9 Å². The highest BCUT2D eigenvalue weighted by atomic mass is 16.6. The lowest BCUT2D eigenvalue weighted by molar-refractivity contribution is -0.167. The number of nitrogens with zero attached hydrogens (tertiary/aromatic N) is 2. The molecule has 7 rings (SSSR count). The van der Waals surface area contributed by atoms with Crippen LogP contribution in [0.4, 0.5) is 11.4 Å². The van der Waals surface area contributed by atoms with Crippen LogP contribution in [0.2, 0.25) is 0 Å². The van der Waals surface area contributed by atoms with Gasteiger partial charge in [-0.15, -0.1) is 0 Å². The van der Waals surface area contributed by atoms with Crippen LogP contribution < -0.4 is 10.6 Å². The van der Waals surface area contributed by atoms with Crippen molar-refractivity contribution in [3.05, 3.63) is 120 Å². The summed E-state index contributed by atoms with van der Waals surface area (Å²) in [5, 5.41) is 6.83. The van der Waals surface area contributed by atoms with E-state index in [4.69, 9.17) is 9.47 Å². The minimum atomic E-state index is -1.09. The second-order valence-corrected chi connectivity index (χ2v) is 19.0. The molecule has 2 saturated heterocycles. The molecule has 13 heteroatoms. The van der Waals surface area contributed by atoms with Crippen LogP contribution in [-0.2, 0) is 51.1 Å². The number of rotatable bonds is 13. The number of likely N-dealkylation sites (tertiary alicyclic amines) is 2. The van der Waals surface area contributed by atoms with Crippen molar-refractivity contribution in [2.75, 3.05) is 23.7 Å². The SMILES string of the molecule is CC(C)(C)OC(=O)[C@@H](Cc1ccccc1)C(=O)N1CCC[C@H]1C(=O)Nc1ccc(-c2cc3cc(NC(=O)[C@@H]4CCCN4C(=O)[C@H](Cc4ccccc4)C(=O)OC(C)(C)C)ccc3[nH]2)cc1. The molecule has 4 aromatic carbocycles. The molecule has 2 aliphatic rings. The number of aromatic nitrogens is 1. The molecule has 0 saturated carbocycles. The van der Waals surface area contributed by atoms with Crippen molar-refractivity contribution in [1.29, 1.82) is 0 Å². The topological polar surface area (TPSA) is 167 Å². The van der Waals surface area contributed by atoms with Crippen LogP contribution in [0.3, 0.4) is 0 Å². The Morgan fingerprint density at radius 1 is 0.600 bits per heavy atom. The van der Waals surface area contributed by atoms with Crippen LogP contribution in [0.25, 0.3) is 22.2 Å². The molecule has 0 radical (unpaired) electrons. The highest BCUT2D eigenvalue weighted by molar-refractivity contribution is 6.04. The molecular formula is C52H59N5O8. The molecule has 2 fully saturated rings. The number of aromatic amines is 1. The quantitative estimate of drug-likeness (QED) is 0.0788. The number of carbonyl (C=O) groups is 6. The maximum Gasteiger partial charge on any atom is 0.319 e. The Bertz CT molecular complexity index is 2520. The van der Waals surface area contributed by atoms with Gasteiger partial charge in [0.15, 0.2) is 0 Å². The number of fused-ring (bicyclic) bond motifs is 1. The summed E-state index contributed by atoms with van der Waals surface area (Å²) in [7, 11) is 0. The maximum atomic E-state index is 14.0. The number of ether oxygens (including phenoxy) is 2. The molecule has 2 aliphatic heterocycles. The van der Waals surface area contributed by atoms with E-state index in [0.29, 0.717) is 50.1 Å². The first kappa shape index (κ1) is 46.2. The third kappa shape index (κ3) is 11.7. The molecule has 4 atom stereocenters. The number of hydrogen-bond donors (Lipinski definition) is 3. The van der Waals surface area contributed by atoms with Crippen LogP contribution in [0.5, 0.6) is 0 Å². The maximum absolute atomic E-state index is 14.0. The summed E-state index contributed by atoms with van der Waals surface area (Å²) >= 11 is 0. The van der Waals surface area contributed by atoms with Gasteiger partial charge in [0.05, 0.1) is 0 Å². The van der Waals surface area contributed by atoms with Crippen LogP contribution >= 0.6 is 0 Å². The zero-order valence-corrected chi connectivity index (χ0v) is 38.0. The van der Waals surface area contributed by atoms with Gasteiger partial charge in [0.2, 0.25) is 23.6 Å². The van der Waals surface area contributed by atoms with Crippen molar-refractivity contribution in [3.63, 3.8) is 0 Å². The summed E-state index contributed by atoms with van der Waals surface area (Å²) in [5.41, 5.74) is 3.74. The lowest BCUT2D eigenvalue weighted by Gasteiger charge is -2.29. The van der Waals surface area contributed by atoms with Gasteiger partial charge in [-0.25, -0.2) is 0 Å². The van der Waals surface area contributed by atoms with Gasteiger partial charge in [0, 0.05) is 41.1 Å². The molecule has 3 heterocycles. The Balaban J connectivity index is 0.990. The summed E-state index contributed by atoms with van der Waals surface area (Å²) in [6.07, 6.45) is 2.53. The third-order valence-corrected chi connectivity index (χ3v) is 11.6. The van der Waals surface area contributed by atoms with Gasteiger partial charge in [-0.05, 0) is 133 Å². The van der Waals surface area contributed by atoms with E-state index in [1.54, 1.807) is 59.7 Å². The number of nitrogens with one attached hydrogen (secondary N) is 3. The van der Waals surface area contributed by atoms with Crippen molar-refractivity contribution in [2.45, 2.75) is 103 Å². The summed E-state index contributed by atoms with van der Waals surface area (Å²) in [5.74, 6) is -4.89. The van der Waals surface area contributed by atoms with Gasteiger partial charge in [-0.3, -0.25) is 28.8 Å². The molecule has 65 heavy (non-hydrogen) atoms. The molecule has 340 valence electrons. The fourth-order valence-electron chi connectivity index (χ4n) is 8.54. The lowest BCUT2D eigenvalue weighted by atomic mass is 9.97. The highest BCUT2D eigenvalue weighted by Gasteiger charge is 2.43. The van der Waals surface area contributed by atoms with Crippen LogP contribution in [0.1, 0.15) is 78.4 Å². The van der Waals surface area contributed by atoms with Crippen molar-refractivity contribution in [2.24, 2.45) is 11.8 Å². The lowest BCUT2D eigenvalue weighted by Crippen LogP contribution is -2.48. The monoisotopic (exact) mass is 881 g/mol. The van der Waals surface area contributed by atoms with Crippen LogP contribution in [-0.4, -0.2) is 86.7 Å². The Kier molecular flexibility index (Phi) is 13.9. The molecule has 13 nitrogen and oxygen atoms in total. The predicted octanol–water partition coefficient (Wildman–Crippen LogP) is 8.10. The summed E-state index contributed by atoms with van der Waals surface area (Å²) in [4.78, 5) is 88.8. The van der Waals surface area contributed by atoms with Crippen molar-refractivity contribution >= 4 is 57.8 Å². The Labute approximate surface area is 380 Å². The van der Waals surface area contributed by atoms with E-state index in [9.17, 15) is 28.8 Å². The summed E-state index contributed by atoms with van der Waals surface area (Å²) in [6, 6.07) is 32.0. The van der Waals surface area contributed by atoms with Gasteiger partial charge in [-0.1, -0.05) is 72.8 Å². The van der Waals surface area contributed by atoms with E-state index in [0.717, 1.165) is 33.3 Å². The zero-order valence-electron chi connectivity index (χ0n) is 38.0. The van der Waals surface area contributed by atoms with E-state index in [-0.39, 0.29) is 24.7 Å². The van der Waals surface area contributed by atoms with E-state index in [1.807, 2.05) is 91.0 Å². The van der Waals surface area contributed by atoms with Gasteiger partial charge in [0.25, 0.3) is 0 Å². The summed E-state index contributed by atoms with van der Waals surface area (Å²) < 4.78 is 11.3. The number of esters is 2. The Morgan fingerprint density at radius 2 is 1.05 bits per heavy atom. The third-order valence-electron chi connectivity index (χ3n) is 11.6. The van der Waals surface area contributed by atoms with E-state index >= 15 is 0 Å². The molecular weight excluding hydrogens is 823 g/mol. The number of carbonyl (C=O) groups excluding carboxylic acids is 6. The van der Waals surface area contributed by atoms with Gasteiger partial charge in [-0.2, -0.15) is 0 Å². The standard InChI is InChI=1S/C52H59N5O8/c1-51(2,3)64-49(62)39(29-33-15-9-7-10-16-33)47(60)56-27-13-19-43(56)45(58)53-37-23-21-35(22-24-37)42-32-36-31-38(25-26-41(36)55-42)54-46(59)44-20-14-28-57(44)48(61)40(50(63)65-52(4,5)6)30-34-17-11-8-12-18-34/h7-12,15-18,21-26,31-32,39-40,43-44,55H,13-14,19-20,27-30H2,1-6H3,(H,53,58)(H,54,59)/t39-,40-,43-,44-/m0/s1. The number of anilines is 2. The highest BCUT2D eigenvalue weighted by Crippen LogP contribution is 2.30. The fourth-order valence-corrected chi connectivity index (χ4v) is 8.54. The van der Waals surface area contributed by atoms with Crippen molar-refractivity contribution in [1.82, 2.24) is 14.8 Å². The van der Waals surface area contributed by atoms with Gasteiger partial charge < -0.3 is 34.9 Å². The largest absolute Gasteiger partial charge is 0.459 e. The van der Waals surface area contributed by atoms with E-state index in [2.05, 4.69) is 15.6 Å². The van der Waals surface area contributed by atoms with Crippen LogP contribution in [0.15, 0.2) is 109 Å². The first-order valence-corrected chi connectivity index (χ1v) is 22.4. The predicted molar refractivity (Wildman–Crippen MR) is 249 cm³/mol. The van der Waals surface area contributed by atoms with Gasteiger partial charge in [0.1, 0.15) is 35.1 Å².